The average molecular weight is 473 g/mol. The molecule has 0 radical (unpaired) electrons. The zero-order valence-electron chi connectivity index (χ0n) is 18.1. The Morgan fingerprint density at radius 2 is 1.94 bits per heavy atom. The van der Waals surface area contributed by atoms with E-state index < -0.39 is 11.6 Å². The van der Waals surface area contributed by atoms with E-state index in [1.54, 1.807) is 29.1 Å². The number of aromatic nitrogens is 8. The Labute approximate surface area is 196 Å². The second-order valence-corrected chi connectivity index (χ2v) is 8.16. The van der Waals surface area contributed by atoms with E-state index in [1.165, 1.54) is 23.1 Å². The Kier molecular flexibility index (Phi) is 4.73. The Bertz CT molecular complexity index is 1610. The summed E-state index contributed by atoms with van der Waals surface area (Å²) in [5.74, 6) is -1.07. The minimum Gasteiger partial charge on any atom is -0.384 e. The number of imidazole rings is 1. The second-order valence-electron chi connectivity index (χ2n) is 8.16. The average Bonchev–Trinajstić information content (AvgIpc) is 3.62. The van der Waals surface area contributed by atoms with Crippen molar-refractivity contribution in [2.45, 2.75) is 18.9 Å². The monoisotopic (exact) mass is 473 g/mol. The van der Waals surface area contributed by atoms with E-state index >= 15 is 0 Å². The molecule has 5 aromatic rings. The third-order valence-electron chi connectivity index (χ3n) is 6.10. The predicted molar refractivity (Wildman–Crippen MR) is 121 cm³/mol. The summed E-state index contributed by atoms with van der Waals surface area (Å²) in [6.07, 6.45) is 5.78. The number of pyridine rings is 2. The molecule has 1 aromatic carbocycles. The summed E-state index contributed by atoms with van der Waals surface area (Å²) in [6.45, 7) is 0. The Hall–Kier alpha value is -4.74. The van der Waals surface area contributed by atoms with Crippen molar-refractivity contribution in [1.29, 1.82) is 0 Å². The Balaban J connectivity index is 1.41. The van der Waals surface area contributed by atoms with E-state index in [1.807, 2.05) is 6.07 Å². The number of halogens is 2. The molecule has 35 heavy (non-hydrogen) atoms. The maximum absolute atomic E-state index is 15.0. The number of nitrogens with zero attached hydrogens (tertiary/aromatic N) is 7. The first-order valence-corrected chi connectivity index (χ1v) is 10.7. The number of hydrogen-bond acceptors (Lipinski definition) is 7. The Morgan fingerprint density at radius 3 is 2.71 bits per heavy atom. The van der Waals surface area contributed by atoms with Gasteiger partial charge in [-0.1, -0.05) is 0 Å². The number of aromatic amines is 1. The van der Waals surface area contributed by atoms with Crippen molar-refractivity contribution in [3.05, 3.63) is 88.6 Å². The van der Waals surface area contributed by atoms with Gasteiger partial charge < -0.3 is 15.3 Å². The zero-order valence-corrected chi connectivity index (χ0v) is 18.1. The van der Waals surface area contributed by atoms with Crippen molar-refractivity contribution in [1.82, 2.24) is 39.7 Å². The second kappa shape index (κ2) is 7.94. The highest BCUT2D eigenvalue weighted by Gasteiger charge is 2.29. The molecule has 0 fully saturated rings. The number of nitrogens with two attached hydrogens (primary N) is 1. The quantitative estimate of drug-likeness (QED) is 0.410. The molecule has 0 saturated carbocycles. The standard InChI is InChI=1S/C23H17F2N9O/c24-15-3-5-17(33-11-29-31-32-33)21(22(15)25)13-7-14-2-4-18(34(14)20(35)8-13)23-28-10-16(30-23)12-1-6-19(26)27-9-12/h1,3,5-11,18H,2,4H2,(H2,26,27)(H,28,30)/t18-/m0/s1. The van der Waals surface area contributed by atoms with Crippen LogP contribution in [0.1, 0.15) is 24.0 Å². The molecule has 1 aliphatic heterocycles. The van der Waals surface area contributed by atoms with Crippen LogP contribution in [0.2, 0.25) is 0 Å². The van der Waals surface area contributed by atoms with Crippen LogP contribution < -0.4 is 11.3 Å². The molecular formula is C23H17F2N9O. The molecule has 0 spiro atoms. The van der Waals surface area contributed by atoms with Gasteiger partial charge in [-0.2, -0.15) is 4.68 Å². The van der Waals surface area contributed by atoms with Gasteiger partial charge >= 0.3 is 0 Å². The predicted octanol–water partition coefficient (Wildman–Crippen LogP) is 2.67. The van der Waals surface area contributed by atoms with Crippen LogP contribution in [0, 0.1) is 11.6 Å². The molecule has 0 saturated heterocycles. The molecule has 12 heteroatoms. The SMILES string of the molecule is Nc1ccc(-c2cnc([C@@H]3CCc4cc(-c5c(-n6cnnn6)ccc(F)c5F)cc(=O)n43)[nH]2)cn1. The maximum Gasteiger partial charge on any atom is 0.252 e. The molecule has 6 rings (SSSR count). The third-order valence-corrected chi connectivity index (χ3v) is 6.10. The van der Waals surface area contributed by atoms with Gasteiger partial charge in [-0.25, -0.2) is 18.7 Å². The van der Waals surface area contributed by atoms with Crippen LogP contribution in [0.15, 0.2) is 59.9 Å². The van der Waals surface area contributed by atoms with Crippen LogP contribution in [0.4, 0.5) is 14.6 Å². The van der Waals surface area contributed by atoms with Crippen molar-refractivity contribution < 1.29 is 8.78 Å². The van der Waals surface area contributed by atoms with Crippen molar-refractivity contribution in [2.24, 2.45) is 0 Å². The van der Waals surface area contributed by atoms with Gasteiger partial charge in [0, 0.05) is 29.1 Å². The minimum absolute atomic E-state index is 0.0858. The fourth-order valence-corrected chi connectivity index (χ4v) is 4.49. The molecule has 0 bridgehead atoms. The van der Waals surface area contributed by atoms with Gasteiger partial charge in [0.25, 0.3) is 5.56 Å². The lowest BCUT2D eigenvalue weighted by atomic mass is 10.0. The van der Waals surface area contributed by atoms with E-state index in [0.717, 1.165) is 17.3 Å². The summed E-state index contributed by atoms with van der Waals surface area (Å²) >= 11 is 0. The van der Waals surface area contributed by atoms with E-state index in [4.69, 9.17) is 5.73 Å². The number of anilines is 1. The van der Waals surface area contributed by atoms with Gasteiger partial charge in [0.1, 0.15) is 18.0 Å². The summed E-state index contributed by atoms with van der Waals surface area (Å²) in [6, 6.07) is 8.56. The summed E-state index contributed by atoms with van der Waals surface area (Å²) in [4.78, 5) is 25.1. The first kappa shape index (κ1) is 20.8. The molecule has 0 aliphatic carbocycles. The van der Waals surface area contributed by atoms with E-state index in [0.29, 0.717) is 30.2 Å². The number of tetrazole rings is 1. The van der Waals surface area contributed by atoms with Crippen LogP contribution in [0.5, 0.6) is 0 Å². The number of aryl methyl sites for hydroxylation is 1. The molecule has 4 aromatic heterocycles. The summed E-state index contributed by atoms with van der Waals surface area (Å²) in [5.41, 5.74) is 7.95. The maximum atomic E-state index is 15.0. The zero-order chi connectivity index (χ0) is 24.1. The number of H-pyrrole nitrogens is 1. The first-order valence-electron chi connectivity index (χ1n) is 10.7. The van der Waals surface area contributed by atoms with Gasteiger partial charge in [0.15, 0.2) is 11.6 Å². The lowest BCUT2D eigenvalue weighted by molar-refractivity contribution is 0.510. The van der Waals surface area contributed by atoms with Crippen LogP contribution in [0.3, 0.4) is 0 Å². The molecule has 10 nitrogen and oxygen atoms in total. The topological polar surface area (TPSA) is 133 Å². The van der Waals surface area contributed by atoms with Crippen LogP contribution in [-0.4, -0.2) is 39.7 Å². The van der Waals surface area contributed by atoms with Gasteiger partial charge in [0.05, 0.1) is 23.6 Å². The van der Waals surface area contributed by atoms with Crippen molar-refractivity contribution in [3.8, 4) is 28.1 Å². The van der Waals surface area contributed by atoms with Crippen molar-refractivity contribution >= 4 is 5.82 Å². The van der Waals surface area contributed by atoms with Crippen LogP contribution in [0.25, 0.3) is 28.1 Å². The van der Waals surface area contributed by atoms with Crippen molar-refractivity contribution in [2.75, 3.05) is 5.73 Å². The van der Waals surface area contributed by atoms with Gasteiger partial charge in [-0.15, -0.1) is 5.10 Å². The molecule has 0 unspecified atom stereocenters. The van der Waals surface area contributed by atoms with Crippen LogP contribution >= 0.6 is 0 Å². The first-order chi connectivity index (χ1) is 17.0. The molecule has 3 N–H and O–H groups in total. The Morgan fingerprint density at radius 1 is 1.06 bits per heavy atom. The normalized spacial score (nSPS) is 14.9. The van der Waals surface area contributed by atoms with E-state index in [2.05, 4.69) is 30.5 Å². The smallest absolute Gasteiger partial charge is 0.252 e. The summed E-state index contributed by atoms with van der Waals surface area (Å²) < 4.78 is 32.0. The third kappa shape index (κ3) is 3.46. The van der Waals surface area contributed by atoms with Gasteiger partial charge in [-0.3, -0.25) is 4.79 Å². The number of rotatable bonds is 4. The summed E-state index contributed by atoms with van der Waals surface area (Å²) in [7, 11) is 0. The van der Waals surface area contributed by atoms with Gasteiger partial charge in [-0.05, 0) is 59.2 Å². The molecule has 1 atom stereocenters. The van der Waals surface area contributed by atoms with Crippen LogP contribution in [-0.2, 0) is 6.42 Å². The van der Waals surface area contributed by atoms with Gasteiger partial charge in [0.2, 0.25) is 0 Å². The highest BCUT2D eigenvalue weighted by atomic mass is 19.2. The molecule has 0 amide bonds. The molecular weight excluding hydrogens is 456 g/mol. The number of benzene rings is 1. The highest BCUT2D eigenvalue weighted by molar-refractivity contribution is 5.74. The molecule has 1 aliphatic rings. The highest BCUT2D eigenvalue weighted by Crippen LogP contribution is 2.35. The fourth-order valence-electron chi connectivity index (χ4n) is 4.49. The fraction of sp³-hybridized carbons (Fsp3) is 0.130. The van der Waals surface area contributed by atoms with E-state index in [-0.39, 0.29) is 28.4 Å². The summed E-state index contributed by atoms with van der Waals surface area (Å²) in [5, 5.41) is 10.9. The minimum atomic E-state index is -1.08. The number of hydrogen-bond donors (Lipinski definition) is 2. The lowest BCUT2D eigenvalue weighted by Gasteiger charge is -2.15. The van der Waals surface area contributed by atoms with Crippen molar-refractivity contribution in [3.63, 3.8) is 0 Å². The largest absolute Gasteiger partial charge is 0.384 e. The number of fused-ring (bicyclic) bond motifs is 1. The lowest BCUT2D eigenvalue weighted by Crippen LogP contribution is -2.24. The number of nitrogen functional groups attached to an aromatic ring is 1. The van der Waals surface area contributed by atoms with E-state index in [9.17, 15) is 13.6 Å². The number of nitrogens with one attached hydrogen (secondary N) is 1. The molecule has 5 heterocycles. The molecule has 174 valence electrons.